The highest BCUT2D eigenvalue weighted by Gasteiger charge is 2.34. The van der Waals surface area contributed by atoms with Crippen LogP contribution < -0.4 is 0 Å². The van der Waals surface area contributed by atoms with E-state index in [1.54, 1.807) is 0 Å². The summed E-state index contributed by atoms with van der Waals surface area (Å²) in [4.78, 5) is 14.8. The van der Waals surface area contributed by atoms with Gasteiger partial charge in [-0.15, -0.1) is 0 Å². The third kappa shape index (κ3) is 7.38. The van der Waals surface area contributed by atoms with Crippen LogP contribution in [0.5, 0.6) is 0 Å². The normalized spacial score (nSPS) is 12.8. The van der Waals surface area contributed by atoms with Crippen molar-refractivity contribution in [3.63, 3.8) is 0 Å². The summed E-state index contributed by atoms with van der Waals surface area (Å²) in [6.07, 6.45) is -0.436. The smallest absolute Gasteiger partial charge is 0.334 e. The average Bonchev–Trinajstić information content (AvgIpc) is 2.90. The quantitative estimate of drug-likeness (QED) is 0.280. The summed E-state index contributed by atoms with van der Waals surface area (Å²) in [5.41, 5.74) is 4.30. The molecule has 0 aliphatic rings. The zero-order valence-electron chi connectivity index (χ0n) is 19.7. The van der Waals surface area contributed by atoms with E-state index in [0.29, 0.717) is 19.5 Å². The second-order valence-corrected chi connectivity index (χ2v) is 8.69. The number of benzene rings is 4. The predicted molar refractivity (Wildman–Crippen MR) is 139 cm³/mol. The van der Waals surface area contributed by atoms with E-state index in [1.165, 1.54) is 0 Å². The van der Waals surface area contributed by atoms with E-state index in [-0.39, 0.29) is 12.6 Å². The van der Waals surface area contributed by atoms with Gasteiger partial charge in [0.15, 0.2) is 6.10 Å². The molecule has 4 aromatic rings. The van der Waals surface area contributed by atoms with E-state index in [2.05, 4.69) is 29.2 Å². The summed E-state index contributed by atoms with van der Waals surface area (Å²) in [6.45, 7) is 1.48. The maximum absolute atomic E-state index is 12.6. The zero-order valence-corrected chi connectivity index (χ0v) is 19.7. The van der Waals surface area contributed by atoms with Gasteiger partial charge < -0.3 is 9.84 Å². The van der Waals surface area contributed by atoms with Gasteiger partial charge in [-0.05, 0) is 28.7 Å². The number of carboxylic acid groups (broad SMARTS) is 1. The van der Waals surface area contributed by atoms with Crippen molar-refractivity contribution >= 4 is 5.97 Å². The van der Waals surface area contributed by atoms with Crippen molar-refractivity contribution in [1.29, 1.82) is 0 Å². The molecule has 0 aliphatic carbocycles. The van der Waals surface area contributed by atoms with Crippen molar-refractivity contribution in [3.05, 3.63) is 144 Å². The summed E-state index contributed by atoms with van der Waals surface area (Å²) in [5.74, 6) is -0.951. The minimum atomic E-state index is -0.997. The molecule has 178 valence electrons. The van der Waals surface area contributed by atoms with Gasteiger partial charge in [0, 0.05) is 13.1 Å². The van der Waals surface area contributed by atoms with Crippen LogP contribution in [-0.4, -0.2) is 28.1 Å². The van der Waals surface area contributed by atoms with Crippen molar-refractivity contribution in [2.24, 2.45) is 0 Å². The number of hydrogen-bond acceptors (Lipinski definition) is 3. The third-order valence-electron chi connectivity index (χ3n) is 6.08. The van der Waals surface area contributed by atoms with Crippen LogP contribution in [0.4, 0.5) is 0 Å². The van der Waals surface area contributed by atoms with Crippen LogP contribution >= 0.6 is 0 Å². The van der Waals surface area contributed by atoms with Crippen LogP contribution in [0.3, 0.4) is 0 Å². The summed E-state index contributed by atoms with van der Waals surface area (Å²) in [7, 11) is 0. The van der Waals surface area contributed by atoms with Gasteiger partial charge in [-0.25, -0.2) is 4.79 Å². The highest BCUT2D eigenvalue weighted by Crippen LogP contribution is 2.22. The van der Waals surface area contributed by atoms with Gasteiger partial charge in [0.25, 0.3) is 0 Å². The number of carboxylic acids is 1. The Labute approximate surface area is 207 Å². The fourth-order valence-electron chi connectivity index (χ4n) is 4.32. The van der Waals surface area contributed by atoms with Crippen LogP contribution in [0.15, 0.2) is 121 Å². The molecule has 0 heterocycles. The molecule has 0 saturated carbocycles. The maximum atomic E-state index is 12.6. The Morgan fingerprint density at radius 1 is 0.629 bits per heavy atom. The first-order valence-corrected chi connectivity index (χ1v) is 11.9. The number of rotatable bonds is 12. The Hall–Kier alpha value is -3.73. The molecule has 0 spiro atoms. The van der Waals surface area contributed by atoms with Gasteiger partial charge in [-0.2, -0.15) is 0 Å². The zero-order chi connectivity index (χ0) is 24.3. The van der Waals surface area contributed by atoms with Crippen molar-refractivity contribution in [2.45, 2.75) is 38.3 Å². The second kappa shape index (κ2) is 12.7. The minimum Gasteiger partial charge on any atom is -0.479 e. The molecule has 4 heteroatoms. The molecule has 0 fully saturated rings. The Morgan fingerprint density at radius 3 is 1.46 bits per heavy atom. The number of carbonyl (C=O) groups is 1. The topological polar surface area (TPSA) is 49.8 Å². The molecule has 0 radical (unpaired) electrons. The summed E-state index contributed by atoms with van der Waals surface area (Å²) >= 11 is 0. The van der Waals surface area contributed by atoms with Crippen LogP contribution in [0.2, 0.25) is 0 Å². The second-order valence-electron chi connectivity index (χ2n) is 8.69. The molecule has 4 aromatic carbocycles. The molecule has 0 bridgehead atoms. The van der Waals surface area contributed by atoms with Crippen LogP contribution in [0, 0.1) is 0 Å². The molecule has 1 N–H and O–H groups in total. The molecule has 1 unspecified atom stereocenters. The Kier molecular flexibility index (Phi) is 8.82. The molecular formula is C31H31NO3. The molecule has 0 amide bonds. The van der Waals surface area contributed by atoms with Gasteiger partial charge in [0.2, 0.25) is 0 Å². The highest BCUT2D eigenvalue weighted by atomic mass is 16.5. The van der Waals surface area contributed by atoms with Crippen LogP contribution in [0.25, 0.3) is 0 Å². The lowest BCUT2D eigenvalue weighted by Crippen LogP contribution is -2.49. The first-order valence-electron chi connectivity index (χ1n) is 11.9. The molecule has 4 nitrogen and oxygen atoms in total. The van der Waals surface area contributed by atoms with Gasteiger partial charge in [-0.3, -0.25) is 4.90 Å². The fraction of sp³-hybridized carbons (Fsp3) is 0.194. The molecule has 0 aromatic heterocycles. The monoisotopic (exact) mass is 465 g/mol. The van der Waals surface area contributed by atoms with E-state index < -0.39 is 12.1 Å². The summed E-state index contributed by atoms with van der Waals surface area (Å²) in [5, 5.41) is 10.3. The third-order valence-corrected chi connectivity index (χ3v) is 6.08. The molecule has 0 saturated heterocycles. The van der Waals surface area contributed by atoms with E-state index in [9.17, 15) is 9.90 Å². The Morgan fingerprint density at radius 2 is 1.03 bits per heavy atom. The largest absolute Gasteiger partial charge is 0.479 e. The van der Waals surface area contributed by atoms with Gasteiger partial charge in [-0.1, -0.05) is 121 Å². The van der Waals surface area contributed by atoms with Crippen molar-refractivity contribution in [1.82, 2.24) is 4.90 Å². The summed E-state index contributed by atoms with van der Waals surface area (Å²) < 4.78 is 6.14. The number of hydrogen-bond donors (Lipinski definition) is 1. The number of aliphatic carboxylic acids is 1. The fourth-order valence-corrected chi connectivity index (χ4v) is 4.32. The number of ether oxygens (including phenoxy) is 1. The SMILES string of the molecule is O=C(O)C(OCc1ccccc1)[C@H](Cc1ccccc1)N(Cc1ccccc1)Cc1ccccc1. The Balaban J connectivity index is 1.68. The van der Waals surface area contributed by atoms with Crippen molar-refractivity contribution in [2.75, 3.05) is 0 Å². The standard InChI is InChI=1S/C31H31NO3/c33-31(34)30(35-24-28-19-11-4-12-20-28)29(21-25-13-5-1-6-14-25)32(22-26-15-7-2-8-16-26)23-27-17-9-3-10-18-27/h1-20,29-30H,21-24H2,(H,33,34)/t29-,30?/m0/s1. The molecule has 2 atom stereocenters. The average molecular weight is 466 g/mol. The van der Waals surface area contributed by atoms with E-state index >= 15 is 0 Å². The first-order chi connectivity index (χ1) is 17.2. The molecule has 4 rings (SSSR count). The number of nitrogens with zero attached hydrogens (tertiary/aromatic N) is 1. The molecule has 35 heavy (non-hydrogen) atoms. The maximum Gasteiger partial charge on any atom is 0.334 e. The predicted octanol–water partition coefficient (Wildman–Crippen LogP) is 5.97. The van der Waals surface area contributed by atoms with E-state index in [4.69, 9.17) is 4.74 Å². The first kappa shape index (κ1) is 24.4. The van der Waals surface area contributed by atoms with Crippen molar-refractivity contribution in [3.8, 4) is 0 Å². The lowest BCUT2D eigenvalue weighted by Gasteiger charge is -2.36. The van der Waals surface area contributed by atoms with Gasteiger partial charge in [0.05, 0.1) is 12.6 Å². The lowest BCUT2D eigenvalue weighted by molar-refractivity contribution is -0.157. The Bertz CT molecular complexity index is 1110. The molecular weight excluding hydrogens is 434 g/mol. The minimum absolute atomic E-state index is 0.244. The van der Waals surface area contributed by atoms with Crippen LogP contribution in [0.1, 0.15) is 22.3 Å². The highest BCUT2D eigenvalue weighted by molar-refractivity contribution is 5.73. The lowest BCUT2D eigenvalue weighted by atomic mass is 9.97. The van der Waals surface area contributed by atoms with Crippen LogP contribution in [-0.2, 0) is 35.6 Å². The molecule has 0 aliphatic heterocycles. The van der Waals surface area contributed by atoms with Gasteiger partial charge >= 0.3 is 5.97 Å². The summed E-state index contributed by atoms with van der Waals surface area (Å²) in [6, 6.07) is 39.8. The van der Waals surface area contributed by atoms with Gasteiger partial charge in [0.1, 0.15) is 0 Å². The van der Waals surface area contributed by atoms with E-state index in [1.807, 2.05) is 97.1 Å². The van der Waals surface area contributed by atoms with Crippen molar-refractivity contribution < 1.29 is 14.6 Å². The van der Waals surface area contributed by atoms with E-state index in [0.717, 1.165) is 22.3 Å².